The van der Waals surface area contributed by atoms with Crippen molar-refractivity contribution in [2.45, 2.75) is 118 Å². The van der Waals surface area contributed by atoms with E-state index in [1.54, 1.807) is 31.7 Å². The lowest BCUT2D eigenvalue weighted by atomic mass is 9.95. The van der Waals surface area contributed by atoms with E-state index in [-0.39, 0.29) is 17.7 Å². The summed E-state index contributed by atoms with van der Waals surface area (Å²) in [5.74, 6) is 2.23. The van der Waals surface area contributed by atoms with Gasteiger partial charge in [-0.3, -0.25) is 9.59 Å². The molecule has 0 bridgehead atoms. The fraction of sp³-hybridized carbons (Fsp3) is 0.656. The molecule has 7 heteroatoms. The minimum Gasteiger partial charge on any atom is -0.444 e. The molecule has 0 aliphatic rings. The van der Waals surface area contributed by atoms with E-state index < -0.39 is 23.8 Å². The van der Waals surface area contributed by atoms with Crippen molar-refractivity contribution in [3.05, 3.63) is 35.4 Å². The Labute approximate surface area is 236 Å². The van der Waals surface area contributed by atoms with Crippen molar-refractivity contribution in [1.29, 1.82) is 0 Å². The fourth-order valence-corrected chi connectivity index (χ4v) is 4.42. The van der Waals surface area contributed by atoms with Crippen LogP contribution in [0.25, 0.3) is 0 Å². The van der Waals surface area contributed by atoms with Crippen LogP contribution in [-0.4, -0.2) is 47.5 Å². The second kappa shape index (κ2) is 17.6. The summed E-state index contributed by atoms with van der Waals surface area (Å²) in [6.07, 6.45) is 12.2. The first kappa shape index (κ1) is 34.0. The monoisotopic (exact) mass is 541 g/mol. The lowest BCUT2D eigenvalue weighted by molar-refractivity contribution is -0.143. The minimum atomic E-state index is -0.914. The summed E-state index contributed by atoms with van der Waals surface area (Å²) < 4.78 is 5.47. The highest BCUT2D eigenvalue weighted by Crippen LogP contribution is 2.27. The SMILES string of the molecule is C#Cc1ccccc1C(C(=O)NCCCCC)N(CCCCCC)C(=O)C(CC(C)C)NC(=O)OC(C)(C)C. The lowest BCUT2D eigenvalue weighted by Crippen LogP contribution is -2.53. The minimum absolute atomic E-state index is 0.121. The third kappa shape index (κ3) is 12.6. The van der Waals surface area contributed by atoms with Gasteiger partial charge in [-0.05, 0) is 57.6 Å². The van der Waals surface area contributed by atoms with Gasteiger partial charge in [0.2, 0.25) is 11.8 Å². The van der Waals surface area contributed by atoms with E-state index in [1.165, 1.54) is 0 Å². The van der Waals surface area contributed by atoms with Crippen molar-refractivity contribution in [3.8, 4) is 12.3 Å². The van der Waals surface area contributed by atoms with Gasteiger partial charge in [0.25, 0.3) is 0 Å². The Hall–Kier alpha value is -3.01. The molecule has 7 nitrogen and oxygen atoms in total. The van der Waals surface area contributed by atoms with Crippen LogP contribution in [0.5, 0.6) is 0 Å². The summed E-state index contributed by atoms with van der Waals surface area (Å²) >= 11 is 0. The molecule has 1 aromatic rings. The maximum atomic E-state index is 14.3. The van der Waals surface area contributed by atoms with E-state index in [4.69, 9.17) is 11.2 Å². The Morgan fingerprint density at radius 3 is 2.23 bits per heavy atom. The molecular formula is C32H51N3O4. The second-order valence-corrected chi connectivity index (χ2v) is 11.6. The van der Waals surface area contributed by atoms with Crippen LogP contribution in [0.2, 0.25) is 0 Å². The Bertz CT molecular complexity index is 945. The molecular weight excluding hydrogens is 490 g/mol. The number of nitrogens with zero attached hydrogens (tertiary/aromatic N) is 1. The summed E-state index contributed by atoms with van der Waals surface area (Å²) in [4.78, 5) is 42.4. The molecule has 0 heterocycles. The number of amides is 3. The predicted molar refractivity (Wildman–Crippen MR) is 158 cm³/mol. The number of unbranched alkanes of at least 4 members (excludes halogenated alkanes) is 5. The zero-order valence-corrected chi connectivity index (χ0v) is 25.3. The standard InChI is InChI=1S/C32H51N3O4/c1-9-12-14-18-22-35(30(37)27(23-24(4)5)34-31(38)39-32(6,7)8)28(29(36)33-21-17-13-10-2)26-20-16-15-19-25(26)11-3/h3,15-16,19-20,24,27-28H,9-10,12-14,17-18,21-23H2,1-2,4-8H3,(H,33,36)(H,34,38). The van der Waals surface area contributed by atoms with Gasteiger partial charge >= 0.3 is 6.09 Å². The normalized spacial score (nSPS) is 12.8. The van der Waals surface area contributed by atoms with Gasteiger partial charge in [-0.1, -0.05) is 83.9 Å². The smallest absolute Gasteiger partial charge is 0.408 e. The van der Waals surface area contributed by atoms with Crippen LogP contribution < -0.4 is 10.6 Å². The van der Waals surface area contributed by atoms with E-state index in [0.29, 0.717) is 30.6 Å². The number of benzene rings is 1. The number of rotatable bonds is 16. The van der Waals surface area contributed by atoms with Crippen LogP contribution in [0, 0.1) is 18.3 Å². The topological polar surface area (TPSA) is 87.7 Å². The van der Waals surface area contributed by atoms with E-state index in [2.05, 4.69) is 30.4 Å². The molecule has 0 aliphatic heterocycles. The average Bonchev–Trinajstić information content (AvgIpc) is 2.86. The first-order valence-corrected chi connectivity index (χ1v) is 14.6. The van der Waals surface area contributed by atoms with Crippen LogP contribution in [0.1, 0.15) is 117 Å². The third-order valence-electron chi connectivity index (χ3n) is 6.28. The summed E-state index contributed by atoms with van der Waals surface area (Å²) in [5.41, 5.74) is 0.470. The zero-order valence-electron chi connectivity index (χ0n) is 25.3. The Morgan fingerprint density at radius 1 is 1.00 bits per heavy atom. The van der Waals surface area contributed by atoms with Crippen molar-refractivity contribution in [1.82, 2.24) is 15.5 Å². The summed E-state index contributed by atoms with van der Waals surface area (Å²) in [6, 6.07) is 5.50. The number of terminal acetylenes is 1. The van der Waals surface area contributed by atoms with Crippen LogP contribution in [0.15, 0.2) is 24.3 Å². The molecule has 2 unspecified atom stereocenters. The highest BCUT2D eigenvalue weighted by Gasteiger charge is 2.37. The molecule has 3 amide bonds. The molecule has 0 aliphatic carbocycles. The van der Waals surface area contributed by atoms with Crippen molar-refractivity contribution in [3.63, 3.8) is 0 Å². The quantitative estimate of drug-likeness (QED) is 0.188. The Morgan fingerprint density at radius 2 is 1.64 bits per heavy atom. The molecule has 1 aromatic carbocycles. The number of hydrogen-bond acceptors (Lipinski definition) is 4. The van der Waals surface area contributed by atoms with Crippen molar-refractivity contribution in [2.24, 2.45) is 5.92 Å². The van der Waals surface area contributed by atoms with E-state index >= 15 is 0 Å². The van der Waals surface area contributed by atoms with Crippen molar-refractivity contribution >= 4 is 17.9 Å². The molecule has 0 saturated heterocycles. The fourth-order valence-electron chi connectivity index (χ4n) is 4.42. The van der Waals surface area contributed by atoms with Crippen LogP contribution in [-0.2, 0) is 14.3 Å². The number of carbonyl (C=O) groups excluding carboxylic acids is 3. The van der Waals surface area contributed by atoms with E-state index in [9.17, 15) is 14.4 Å². The number of nitrogens with one attached hydrogen (secondary N) is 2. The van der Waals surface area contributed by atoms with E-state index in [1.807, 2.05) is 32.0 Å². The maximum absolute atomic E-state index is 14.3. The Kier molecular flexibility index (Phi) is 15.3. The average molecular weight is 542 g/mol. The summed E-state index contributed by atoms with van der Waals surface area (Å²) in [6.45, 7) is 14.5. The van der Waals surface area contributed by atoms with E-state index in [0.717, 1.165) is 44.9 Å². The van der Waals surface area contributed by atoms with Gasteiger partial charge < -0.3 is 20.3 Å². The van der Waals surface area contributed by atoms with Crippen molar-refractivity contribution < 1.29 is 19.1 Å². The molecule has 0 spiro atoms. The van der Waals surface area contributed by atoms with Gasteiger partial charge in [0, 0.05) is 18.7 Å². The number of carbonyl (C=O) groups is 3. The molecule has 2 N–H and O–H groups in total. The van der Waals surface area contributed by atoms with Gasteiger partial charge in [-0.2, -0.15) is 0 Å². The largest absolute Gasteiger partial charge is 0.444 e. The highest BCUT2D eigenvalue weighted by atomic mass is 16.6. The van der Waals surface area contributed by atoms with Gasteiger partial charge in [-0.15, -0.1) is 6.42 Å². The zero-order chi connectivity index (χ0) is 29.4. The van der Waals surface area contributed by atoms with Crippen LogP contribution in [0.4, 0.5) is 4.79 Å². The molecule has 0 aromatic heterocycles. The maximum Gasteiger partial charge on any atom is 0.408 e. The predicted octanol–water partition coefficient (Wildman–Crippen LogP) is 6.36. The summed E-state index contributed by atoms with van der Waals surface area (Å²) in [5, 5.41) is 5.84. The van der Waals surface area contributed by atoms with Crippen LogP contribution >= 0.6 is 0 Å². The number of hydrogen-bond donors (Lipinski definition) is 2. The highest BCUT2D eigenvalue weighted by molar-refractivity contribution is 5.92. The lowest BCUT2D eigenvalue weighted by Gasteiger charge is -2.35. The Balaban J connectivity index is 3.52. The van der Waals surface area contributed by atoms with Gasteiger partial charge in [0.15, 0.2) is 0 Å². The molecule has 0 saturated carbocycles. The third-order valence-corrected chi connectivity index (χ3v) is 6.28. The van der Waals surface area contributed by atoms with Gasteiger partial charge in [0.1, 0.15) is 17.7 Å². The molecule has 39 heavy (non-hydrogen) atoms. The molecule has 0 fully saturated rings. The first-order chi connectivity index (χ1) is 18.4. The van der Waals surface area contributed by atoms with Gasteiger partial charge in [0.05, 0.1) is 0 Å². The molecule has 0 radical (unpaired) electrons. The second-order valence-electron chi connectivity index (χ2n) is 11.6. The molecule has 2 atom stereocenters. The molecule has 1 rings (SSSR count). The van der Waals surface area contributed by atoms with Gasteiger partial charge in [-0.25, -0.2) is 4.79 Å². The number of alkyl carbamates (subject to hydrolysis) is 1. The number of ether oxygens (including phenoxy) is 1. The van der Waals surface area contributed by atoms with Crippen molar-refractivity contribution in [2.75, 3.05) is 13.1 Å². The molecule has 218 valence electrons. The van der Waals surface area contributed by atoms with Crippen LogP contribution in [0.3, 0.4) is 0 Å². The summed E-state index contributed by atoms with van der Waals surface area (Å²) in [7, 11) is 0. The first-order valence-electron chi connectivity index (χ1n) is 14.6.